The van der Waals surface area contributed by atoms with Gasteiger partial charge in [0, 0.05) is 18.9 Å². The van der Waals surface area contributed by atoms with Gasteiger partial charge in [0.25, 0.3) is 0 Å². The Balaban J connectivity index is 2.19. The molecule has 7 nitrogen and oxygen atoms in total. The molecule has 0 spiro atoms. The lowest BCUT2D eigenvalue weighted by Crippen LogP contribution is -2.59. The first-order valence-corrected chi connectivity index (χ1v) is 9.58. The molecule has 7 heteroatoms. The molecule has 0 aromatic heterocycles. The van der Waals surface area contributed by atoms with E-state index in [-0.39, 0.29) is 43.2 Å². The molecule has 0 aromatic carbocycles. The number of hydrogen-bond donors (Lipinski definition) is 3. The Bertz CT molecular complexity index is 600. The first-order valence-electron chi connectivity index (χ1n) is 9.58. The van der Waals surface area contributed by atoms with Gasteiger partial charge in [-0.3, -0.25) is 19.4 Å². The van der Waals surface area contributed by atoms with Gasteiger partial charge in [-0.2, -0.15) is 0 Å². The van der Waals surface area contributed by atoms with E-state index in [2.05, 4.69) is 29.5 Å². The number of amides is 1. The van der Waals surface area contributed by atoms with E-state index in [4.69, 9.17) is 5.73 Å². The van der Waals surface area contributed by atoms with Crippen molar-refractivity contribution >= 4 is 23.3 Å². The summed E-state index contributed by atoms with van der Waals surface area (Å²) in [6.07, 6.45) is 1.89. The molecule has 1 saturated heterocycles. The van der Waals surface area contributed by atoms with Crippen LogP contribution in [0, 0.1) is 17.8 Å². The fourth-order valence-electron chi connectivity index (χ4n) is 3.70. The number of rotatable bonds is 9. The number of nitrogens with two attached hydrogens (primary N) is 1. The van der Waals surface area contributed by atoms with Crippen molar-refractivity contribution in [2.45, 2.75) is 65.0 Å². The summed E-state index contributed by atoms with van der Waals surface area (Å²) in [4.78, 5) is 42.0. The molecule has 26 heavy (non-hydrogen) atoms. The Morgan fingerprint density at radius 1 is 1.27 bits per heavy atom. The van der Waals surface area contributed by atoms with E-state index in [9.17, 15) is 14.4 Å². The van der Waals surface area contributed by atoms with Crippen LogP contribution >= 0.6 is 0 Å². The quantitative estimate of drug-likeness (QED) is 0.524. The highest BCUT2D eigenvalue weighted by Crippen LogP contribution is 2.28. The molecular formula is C19H32N4O3. The average Bonchev–Trinajstić information content (AvgIpc) is 3.13. The SMILES string of the molecule is CC(C)CC(=O)C(=O)C1(CC2CCNC2=O)CN=C(C(N)CC(C)C)N1. The standard InChI is InChI=1S/C19H32N4O3/c1-11(2)7-14(20)17-22-10-19(23-17,9-13-5-6-21-18(13)26)16(25)15(24)8-12(3)4/h11-14H,5-10,20H2,1-4H3,(H,21,26)(H,22,23). The van der Waals surface area contributed by atoms with Gasteiger partial charge in [-0.1, -0.05) is 27.7 Å². The van der Waals surface area contributed by atoms with Crippen LogP contribution in [-0.2, 0) is 14.4 Å². The van der Waals surface area contributed by atoms with Crippen LogP contribution in [0.4, 0.5) is 0 Å². The number of carbonyl (C=O) groups is 3. The van der Waals surface area contributed by atoms with Crippen LogP contribution in [-0.4, -0.2) is 48.0 Å². The Morgan fingerprint density at radius 2 is 1.96 bits per heavy atom. The predicted octanol–water partition coefficient (Wildman–Crippen LogP) is 0.811. The Morgan fingerprint density at radius 3 is 2.50 bits per heavy atom. The minimum Gasteiger partial charge on any atom is -0.358 e. The van der Waals surface area contributed by atoms with Crippen LogP contribution in [0.1, 0.15) is 53.4 Å². The molecule has 3 atom stereocenters. The topological polar surface area (TPSA) is 114 Å². The number of carbonyl (C=O) groups excluding carboxylic acids is 3. The summed E-state index contributed by atoms with van der Waals surface area (Å²) < 4.78 is 0. The van der Waals surface area contributed by atoms with Gasteiger partial charge in [-0.05, 0) is 31.1 Å². The number of Topliss-reactive ketones (excluding diaryl/α,β-unsaturated/α-hetero) is 2. The summed E-state index contributed by atoms with van der Waals surface area (Å²) in [6, 6.07) is -0.303. The summed E-state index contributed by atoms with van der Waals surface area (Å²) in [6.45, 7) is 8.73. The highest BCUT2D eigenvalue weighted by atomic mass is 16.2. The smallest absolute Gasteiger partial charge is 0.225 e. The van der Waals surface area contributed by atoms with Crippen molar-refractivity contribution in [3.05, 3.63) is 0 Å². The van der Waals surface area contributed by atoms with Gasteiger partial charge in [0.2, 0.25) is 17.5 Å². The number of ketones is 2. The molecule has 146 valence electrons. The van der Waals surface area contributed by atoms with E-state index in [0.717, 1.165) is 6.42 Å². The number of aliphatic imine (C=N–C) groups is 1. The molecule has 2 aliphatic rings. The number of hydrogen-bond acceptors (Lipinski definition) is 6. The molecule has 2 aliphatic heterocycles. The Kier molecular flexibility index (Phi) is 6.55. The van der Waals surface area contributed by atoms with E-state index < -0.39 is 17.1 Å². The fraction of sp³-hybridized carbons (Fsp3) is 0.789. The number of nitrogens with one attached hydrogen (secondary N) is 2. The van der Waals surface area contributed by atoms with Crippen molar-refractivity contribution in [1.82, 2.24) is 10.6 Å². The van der Waals surface area contributed by atoms with Crippen molar-refractivity contribution in [2.75, 3.05) is 13.1 Å². The van der Waals surface area contributed by atoms with E-state index in [0.29, 0.717) is 24.7 Å². The molecule has 3 unspecified atom stereocenters. The van der Waals surface area contributed by atoms with E-state index in [1.165, 1.54) is 0 Å². The monoisotopic (exact) mass is 364 g/mol. The molecule has 1 amide bonds. The lowest BCUT2D eigenvalue weighted by Gasteiger charge is -2.30. The van der Waals surface area contributed by atoms with Crippen LogP contribution in [0.15, 0.2) is 4.99 Å². The molecule has 2 rings (SSSR count). The summed E-state index contributed by atoms with van der Waals surface area (Å²) in [7, 11) is 0. The fourth-order valence-corrected chi connectivity index (χ4v) is 3.70. The van der Waals surface area contributed by atoms with E-state index in [1.807, 2.05) is 13.8 Å². The zero-order valence-corrected chi connectivity index (χ0v) is 16.3. The predicted molar refractivity (Wildman–Crippen MR) is 101 cm³/mol. The van der Waals surface area contributed by atoms with Gasteiger partial charge in [-0.25, -0.2) is 0 Å². The maximum Gasteiger partial charge on any atom is 0.225 e. The van der Waals surface area contributed by atoms with Gasteiger partial charge in [0.1, 0.15) is 11.4 Å². The normalized spacial score (nSPS) is 26.7. The molecule has 0 aliphatic carbocycles. The van der Waals surface area contributed by atoms with E-state index >= 15 is 0 Å². The van der Waals surface area contributed by atoms with E-state index in [1.54, 1.807) is 0 Å². The number of nitrogens with zero attached hydrogens (tertiary/aromatic N) is 1. The van der Waals surface area contributed by atoms with Crippen molar-refractivity contribution in [2.24, 2.45) is 28.5 Å². The highest BCUT2D eigenvalue weighted by molar-refractivity contribution is 6.41. The minimum atomic E-state index is -1.14. The molecule has 0 saturated carbocycles. The zero-order valence-electron chi connectivity index (χ0n) is 16.3. The zero-order chi connectivity index (χ0) is 19.5. The molecular weight excluding hydrogens is 332 g/mol. The van der Waals surface area contributed by atoms with Crippen LogP contribution in [0.25, 0.3) is 0 Å². The molecule has 1 fully saturated rings. The second-order valence-electron chi connectivity index (χ2n) is 8.48. The first-order chi connectivity index (χ1) is 12.1. The lowest BCUT2D eigenvalue weighted by molar-refractivity contribution is -0.141. The third-order valence-corrected chi connectivity index (χ3v) is 5.00. The molecule has 0 radical (unpaired) electrons. The van der Waals surface area contributed by atoms with Crippen molar-refractivity contribution < 1.29 is 14.4 Å². The van der Waals surface area contributed by atoms with Crippen LogP contribution in [0.2, 0.25) is 0 Å². The summed E-state index contributed by atoms with van der Waals surface area (Å²) in [5.74, 6) is -0.153. The molecule has 2 heterocycles. The summed E-state index contributed by atoms with van der Waals surface area (Å²) in [5.41, 5.74) is 5.09. The van der Waals surface area contributed by atoms with Gasteiger partial charge in [-0.15, -0.1) is 0 Å². The highest BCUT2D eigenvalue weighted by Gasteiger charge is 2.49. The Labute approximate surface area is 155 Å². The summed E-state index contributed by atoms with van der Waals surface area (Å²) in [5, 5.41) is 5.98. The van der Waals surface area contributed by atoms with Crippen molar-refractivity contribution in [3.8, 4) is 0 Å². The largest absolute Gasteiger partial charge is 0.358 e. The van der Waals surface area contributed by atoms with Gasteiger partial charge < -0.3 is 16.4 Å². The Hall–Kier alpha value is -1.76. The van der Waals surface area contributed by atoms with Gasteiger partial charge >= 0.3 is 0 Å². The molecule has 0 bridgehead atoms. The van der Waals surface area contributed by atoms with Crippen LogP contribution < -0.4 is 16.4 Å². The van der Waals surface area contributed by atoms with Crippen molar-refractivity contribution in [1.29, 1.82) is 0 Å². The average molecular weight is 364 g/mol. The molecule has 0 aromatic rings. The van der Waals surface area contributed by atoms with Crippen LogP contribution in [0.5, 0.6) is 0 Å². The second-order valence-corrected chi connectivity index (χ2v) is 8.48. The van der Waals surface area contributed by atoms with Gasteiger partial charge in [0.05, 0.1) is 12.6 Å². The lowest BCUT2D eigenvalue weighted by atomic mass is 9.80. The maximum absolute atomic E-state index is 13.0. The first kappa shape index (κ1) is 20.6. The van der Waals surface area contributed by atoms with Crippen molar-refractivity contribution in [3.63, 3.8) is 0 Å². The molecule has 4 N–H and O–H groups in total. The third kappa shape index (κ3) is 4.69. The summed E-state index contributed by atoms with van der Waals surface area (Å²) >= 11 is 0. The van der Waals surface area contributed by atoms with Gasteiger partial charge in [0.15, 0.2) is 0 Å². The minimum absolute atomic E-state index is 0.0600. The number of amidine groups is 1. The third-order valence-electron chi connectivity index (χ3n) is 5.00. The second kappa shape index (κ2) is 8.29. The maximum atomic E-state index is 13.0. The van der Waals surface area contributed by atoms with Crippen LogP contribution in [0.3, 0.4) is 0 Å².